The Bertz CT molecular complexity index is 805. The Kier molecular flexibility index (Phi) is 6.36. The lowest BCUT2D eigenvalue weighted by molar-refractivity contribution is -0.127. The smallest absolute Gasteiger partial charge is 0.246 e. The van der Waals surface area contributed by atoms with Crippen LogP contribution in [0.4, 0.5) is 0 Å². The minimum atomic E-state index is 0.0313. The van der Waals surface area contributed by atoms with Crippen molar-refractivity contribution in [2.75, 3.05) is 20.3 Å². The van der Waals surface area contributed by atoms with Crippen LogP contribution in [0.2, 0.25) is 0 Å². The summed E-state index contributed by atoms with van der Waals surface area (Å²) < 4.78 is 6.35. The molecule has 1 atom stereocenters. The highest BCUT2D eigenvalue weighted by molar-refractivity contribution is 14.1. The Hall–Kier alpha value is -1.81. The van der Waals surface area contributed by atoms with Crippen molar-refractivity contribution >= 4 is 34.6 Å². The predicted octanol–water partition coefficient (Wildman–Crippen LogP) is 2.29. The highest BCUT2D eigenvalue weighted by Crippen LogP contribution is 2.20. The number of aryl methyl sites for hydroxylation is 1. The largest absolute Gasteiger partial charge is 0.383 e. The molecule has 2 aromatic rings. The lowest BCUT2D eigenvalue weighted by Gasteiger charge is -2.22. The highest BCUT2D eigenvalue weighted by Gasteiger charge is 2.27. The number of likely N-dealkylation sites (tertiary alicyclic amines) is 1. The number of methoxy groups -OCH3 is 1. The second-order valence-corrected chi connectivity index (χ2v) is 7.57. The van der Waals surface area contributed by atoms with Gasteiger partial charge in [-0.2, -0.15) is 4.80 Å². The van der Waals surface area contributed by atoms with E-state index in [1.807, 2.05) is 30.0 Å². The lowest BCUT2D eigenvalue weighted by atomic mass is 10.1. The normalized spacial score (nSPS) is 17.3. The third kappa shape index (κ3) is 4.67. The SMILES string of the molecule is COC[C@@H]1CCCN1C(=O)/C=C/c1ccc(I)cc1Cn1nnc(C)n1. The molecular weight excluding hydrogens is 445 g/mol. The van der Waals surface area contributed by atoms with Crippen LogP contribution in [0.25, 0.3) is 6.08 Å². The Morgan fingerprint density at radius 1 is 1.46 bits per heavy atom. The zero-order valence-corrected chi connectivity index (χ0v) is 17.1. The first-order valence-electron chi connectivity index (χ1n) is 8.57. The van der Waals surface area contributed by atoms with Gasteiger partial charge in [-0.3, -0.25) is 4.79 Å². The van der Waals surface area contributed by atoms with E-state index < -0.39 is 0 Å². The monoisotopic (exact) mass is 467 g/mol. The second-order valence-electron chi connectivity index (χ2n) is 6.33. The first-order chi connectivity index (χ1) is 12.6. The summed E-state index contributed by atoms with van der Waals surface area (Å²) in [7, 11) is 1.68. The van der Waals surface area contributed by atoms with E-state index in [1.54, 1.807) is 18.0 Å². The molecule has 0 aliphatic carbocycles. The summed E-state index contributed by atoms with van der Waals surface area (Å²) in [4.78, 5) is 16.0. The van der Waals surface area contributed by atoms with Crippen LogP contribution < -0.4 is 0 Å². The zero-order valence-electron chi connectivity index (χ0n) is 14.9. The average Bonchev–Trinajstić information content (AvgIpc) is 3.23. The summed E-state index contributed by atoms with van der Waals surface area (Å²) in [5.41, 5.74) is 2.03. The Balaban J connectivity index is 1.76. The average molecular weight is 467 g/mol. The van der Waals surface area contributed by atoms with Crippen molar-refractivity contribution in [1.29, 1.82) is 0 Å². The van der Waals surface area contributed by atoms with Crippen LogP contribution in [-0.4, -0.2) is 57.3 Å². The van der Waals surface area contributed by atoms with E-state index in [0.29, 0.717) is 19.0 Å². The van der Waals surface area contributed by atoms with Gasteiger partial charge >= 0.3 is 0 Å². The van der Waals surface area contributed by atoms with Gasteiger partial charge in [0, 0.05) is 23.3 Å². The number of benzene rings is 1. The van der Waals surface area contributed by atoms with Crippen LogP contribution in [0.1, 0.15) is 29.8 Å². The molecule has 8 heteroatoms. The molecule has 3 rings (SSSR count). The summed E-state index contributed by atoms with van der Waals surface area (Å²) in [6.45, 7) is 3.70. The fourth-order valence-corrected chi connectivity index (χ4v) is 3.72. The van der Waals surface area contributed by atoms with E-state index in [4.69, 9.17) is 4.74 Å². The number of carbonyl (C=O) groups excluding carboxylic acids is 1. The van der Waals surface area contributed by atoms with Gasteiger partial charge in [-0.1, -0.05) is 6.07 Å². The van der Waals surface area contributed by atoms with Gasteiger partial charge in [0.05, 0.1) is 19.2 Å². The van der Waals surface area contributed by atoms with Crippen LogP contribution in [0, 0.1) is 10.5 Å². The number of hydrogen-bond acceptors (Lipinski definition) is 5. The van der Waals surface area contributed by atoms with Crippen LogP contribution >= 0.6 is 22.6 Å². The second kappa shape index (κ2) is 8.72. The summed E-state index contributed by atoms with van der Waals surface area (Å²) in [5, 5.41) is 12.2. The molecule has 1 aliphatic heterocycles. The van der Waals surface area contributed by atoms with Gasteiger partial charge in [0.25, 0.3) is 0 Å². The maximum atomic E-state index is 12.6. The number of rotatable bonds is 6. The Morgan fingerprint density at radius 2 is 2.31 bits per heavy atom. The fraction of sp³-hybridized carbons (Fsp3) is 0.444. The molecule has 7 nitrogen and oxygen atoms in total. The molecule has 0 saturated carbocycles. The first-order valence-corrected chi connectivity index (χ1v) is 9.65. The van der Waals surface area contributed by atoms with E-state index >= 15 is 0 Å². The minimum Gasteiger partial charge on any atom is -0.383 e. The molecule has 0 N–H and O–H groups in total. The third-order valence-corrected chi connectivity index (χ3v) is 5.07. The molecule has 0 radical (unpaired) electrons. The van der Waals surface area contributed by atoms with E-state index in [0.717, 1.165) is 34.1 Å². The molecule has 2 heterocycles. The molecule has 1 aliphatic rings. The summed E-state index contributed by atoms with van der Waals surface area (Å²) in [6.07, 6.45) is 5.55. The lowest BCUT2D eigenvalue weighted by Crippen LogP contribution is -2.36. The molecule has 0 unspecified atom stereocenters. The van der Waals surface area contributed by atoms with E-state index in [9.17, 15) is 4.79 Å². The quantitative estimate of drug-likeness (QED) is 0.482. The van der Waals surface area contributed by atoms with Crippen LogP contribution in [0.15, 0.2) is 24.3 Å². The molecule has 1 fully saturated rings. The molecule has 0 spiro atoms. The number of hydrogen-bond donors (Lipinski definition) is 0. The number of tetrazole rings is 1. The van der Waals surface area contributed by atoms with Crippen molar-refractivity contribution in [1.82, 2.24) is 25.1 Å². The van der Waals surface area contributed by atoms with E-state index in [2.05, 4.69) is 44.1 Å². The van der Waals surface area contributed by atoms with Gasteiger partial charge in [0.1, 0.15) is 0 Å². The molecule has 26 heavy (non-hydrogen) atoms. The number of amides is 1. The van der Waals surface area contributed by atoms with Crippen molar-refractivity contribution in [2.24, 2.45) is 0 Å². The third-order valence-electron chi connectivity index (χ3n) is 4.39. The molecule has 138 valence electrons. The van der Waals surface area contributed by atoms with Crippen molar-refractivity contribution in [3.63, 3.8) is 0 Å². The number of aromatic nitrogens is 4. The maximum Gasteiger partial charge on any atom is 0.246 e. The van der Waals surface area contributed by atoms with Crippen molar-refractivity contribution in [3.8, 4) is 0 Å². The molecule has 1 saturated heterocycles. The summed E-state index contributed by atoms with van der Waals surface area (Å²) >= 11 is 2.28. The number of carbonyl (C=O) groups is 1. The molecule has 1 aromatic heterocycles. The van der Waals surface area contributed by atoms with E-state index in [-0.39, 0.29) is 11.9 Å². The number of nitrogens with zero attached hydrogens (tertiary/aromatic N) is 5. The molecular formula is C18H22IN5O2. The zero-order chi connectivity index (χ0) is 18.5. The number of halogens is 1. The first kappa shape index (κ1) is 19.0. The van der Waals surface area contributed by atoms with E-state index in [1.165, 1.54) is 0 Å². The number of ether oxygens (including phenoxy) is 1. The molecule has 0 bridgehead atoms. The Morgan fingerprint density at radius 3 is 3.04 bits per heavy atom. The van der Waals surface area contributed by atoms with Gasteiger partial charge in [-0.15, -0.1) is 10.2 Å². The summed E-state index contributed by atoms with van der Waals surface area (Å²) in [5.74, 6) is 0.671. The van der Waals surface area contributed by atoms with Crippen LogP contribution in [0.3, 0.4) is 0 Å². The van der Waals surface area contributed by atoms with Crippen molar-refractivity contribution in [2.45, 2.75) is 32.4 Å². The van der Waals surface area contributed by atoms with Gasteiger partial charge in [0.2, 0.25) is 5.91 Å². The molecule has 1 amide bonds. The van der Waals surface area contributed by atoms with Gasteiger partial charge < -0.3 is 9.64 Å². The standard InChI is InChI=1S/C18H22IN5O2/c1-13-20-22-24(21-13)11-15-10-16(19)7-5-14(15)6-8-18(25)23-9-3-4-17(23)12-26-2/h5-8,10,17H,3-4,9,11-12H2,1-2H3/b8-6+/t17-/m0/s1. The minimum absolute atomic E-state index is 0.0313. The van der Waals surface area contributed by atoms with Gasteiger partial charge in [-0.25, -0.2) is 0 Å². The highest BCUT2D eigenvalue weighted by atomic mass is 127. The topological polar surface area (TPSA) is 73.1 Å². The van der Waals surface area contributed by atoms with Crippen molar-refractivity contribution in [3.05, 3.63) is 44.8 Å². The Labute approximate surface area is 166 Å². The maximum absolute atomic E-state index is 12.6. The van der Waals surface area contributed by atoms with Crippen LogP contribution in [-0.2, 0) is 16.1 Å². The molecule has 1 aromatic carbocycles. The van der Waals surface area contributed by atoms with Crippen LogP contribution in [0.5, 0.6) is 0 Å². The van der Waals surface area contributed by atoms with Gasteiger partial charge in [-0.05, 0) is 76.9 Å². The van der Waals surface area contributed by atoms with Gasteiger partial charge in [0.15, 0.2) is 5.82 Å². The fourth-order valence-electron chi connectivity index (χ4n) is 3.16. The summed E-state index contributed by atoms with van der Waals surface area (Å²) in [6, 6.07) is 6.29. The predicted molar refractivity (Wildman–Crippen MR) is 106 cm³/mol. The van der Waals surface area contributed by atoms with Crippen molar-refractivity contribution < 1.29 is 9.53 Å².